The van der Waals surface area contributed by atoms with Crippen molar-refractivity contribution in [3.63, 3.8) is 0 Å². The lowest BCUT2D eigenvalue weighted by Crippen LogP contribution is -2.50. The number of nitrogens with one attached hydrogen (secondary N) is 1. The molecule has 9 nitrogen and oxygen atoms in total. The summed E-state index contributed by atoms with van der Waals surface area (Å²) in [4.78, 5) is 32.0. The van der Waals surface area contributed by atoms with Crippen molar-refractivity contribution in [3.8, 4) is 0 Å². The molecule has 1 N–H and O–H groups in total. The van der Waals surface area contributed by atoms with Gasteiger partial charge in [0.1, 0.15) is 24.9 Å². The van der Waals surface area contributed by atoms with Gasteiger partial charge in [0.2, 0.25) is 0 Å². The molecule has 1 aromatic heterocycles. The number of ether oxygens (including phenoxy) is 2. The number of oxime groups is 1. The summed E-state index contributed by atoms with van der Waals surface area (Å²) in [6.07, 6.45) is 10.6. The smallest absolute Gasteiger partial charge is 0.330 e. The quantitative estimate of drug-likeness (QED) is 0.150. The molecule has 206 valence electrons. The third-order valence-electron chi connectivity index (χ3n) is 7.24. The fourth-order valence-corrected chi connectivity index (χ4v) is 5.34. The average molecular weight is 526 g/mol. The first-order valence-electron chi connectivity index (χ1n) is 13.3. The zero-order valence-corrected chi connectivity index (χ0v) is 24.2. The van der Waals surface area contributed by atoms with Gasteiger partial charge < -0.3 is 18.7 Å². The van der Waals surface area contributed by atoms with Crippen molar-refractivity contribution in [2.24, 2.45) is 5.16 Å². The molecular formula is C26H47N3O6Si. The van der Waals surface area contributed by atoms with Crippen molar-refractivity contribution in [2.45, 2.75) is 122 Å². The topological polar surface area (TPSA) is 104 Å². The van der Waals surface area contributed by atoms with E-state index in [9.17, 15) is 9.59 Å². The normalized spacial score (nSPS) is 23.0. The molecule has 0 radical (unpaired) electrons. The van der Waals surface area contributed by atoms with Crippen molar-refractivity contribution in [1.29, 1.82) is 0 Å². The summed E-state index contributed by atoms with van der Waals surface area (Å²) in [5, 5.41) is 4.10. The molecule has 0 bridgehead atoms. The van der Waals surface area contributed by atoms with Gasteiger partial charge in [-0.3, -0.25) is 14.3 Å². The van der Waals surface area contributed by atoms with Gasteiger partial charge in [-0.05, 0) is 31.0 Å². The van der Waals surface area contributed by atoms with E-state index in [-0.39, 0.29) is 11.6 Å². The van der Waals surface area contributed by atoms with Crippen molar-refractivity contribution in [1.82, 2.24) is 9.55 Å². The van der Waals surface area contributed by atoms with Crippen LogP contribution < -0.4 is 11.2 Å². The Balaban J connectivity index is 2.04. The molecule has 0 aromatic carbocycles. The van der Waals surface area contributed by atoms with Gasteiger partial charge in [-0.25, -0.2) is 4.79 Å². The molecule has 0 spiro atoms. The molecule has 1 aliphatic heterocycles. The van der Waals surface area contributed by atoms with E-state index in [1.165, 1.54) is 55.4 Å². The number of H-pyrrole nitrogens is 1. The van der Waals surface area contributed by atoms with Crippen LogP contribution in [0.3, 0.4) is 0 Å². The third-order valence-corrected chi connectivity index (χ3v) is 11.7. The number of methoxy groups -OCH3 is 1. The highest BCUT2D eigenvalue weighted by molar-refractivity contribution is 6.74. The minimum atomic E-state index is -2.20. The van der Waals surface area contributed by atoms with E-state index in [2.05, 4.69) is 50.9 Å². The maximum Gasteiger partial charge on any atom is 0.330 e. The predicted octanol–water partition coefficient (Wildman–Crippen LogP) is 4.98. The molecule has 1 aromatic rings. The number of aromatic nitrogens is 2. The second-order valence-electron chi connectivity index (χ2n) is 11.1. The summed E-state index contributed by atoms with van der Waals surface area (Å²) in [5.41, 5.74) is -1.03. The SMILES string of the molecule is CCCCCCCCCC=NOC[C@H]1O[C@@H](n2ccc(=O)[nH]c2=O)C(OC)C1O[Si](C)(C)C(C)(C)C. The van der Waals surface area contributed by atoms with Gasteiger partial charge in [0.25, 0.3) is 5.56 Å². The average Bonchev–Trinajstić information content (AvgIpc) is 3.12. The van der Waals surface area contributed by atoms with Crippen molar-refractivity contribution < 1.29 is 18.7 Å². The van der Waals surface area contributed by atoms with Gasteiger partial charge in [0.15, 0.2) is 14.5 Å². The van der Waals surface area contributed by atoms with E-state index < -0.39 is 44.1 Å². The van der Waals surface area contributed by atoms with E-state index in [4.69, 9.17) is 18.7 Å². The maximum atomic E-state index is 12.5. The molecule has 1 fully saturated rings. The first-order valence-corrected chi connectivity index (χ1v) is 16.2. The van der Waals surface area contributed by atoms with E-state index in [0.717, 1.165) is 12.8 Å². The monoisotopic (exact) mass is 525 g/mol. The number of rotatable bonds is 15. The molecule has 10 heteroatoms. The number of unbranched alkanes of at least 4 members (excludes halogenated alkanes) is 7. The van der Waals surface area contributed by atoms with Gasteiger partial charge in [-0.1, -0.05) is 71.4 Å². The number of hydrogen-bond donors (Lipinski definition) is 1. The predicted molar refractivity (Wildman–Crippen MR) is 145 cm³/mol. The molecule has 2 rings (SSSR count). The lowest BCUT2D eigenvalue weighted by Gasteiger charge is -2.40. The summed E-state index contributed by atoms with van der Waals surface area (Å²) in [6.45, 7) is 13.2. The highest BCUT2D eigenvalue weighted by atomic mass is 28.4. The van der Waals surface area contributed by atoms with Gasteiger partial charge in [-0.15, -0.1) is 0 Å². The molecular weight excluding hydrogens is 478 g/mol. The Hall–Kier alpha value is -1.75. The van der Waals surface area contributed by atoms with Crippen LogP contribution in [0.15, 0.2) is 27.0 Å². The minimum Gasteiger partial charge on any atom is -0.408 e. The van der Waals surface area contributed by atoms with Crippen LogP contribution in [0, 0.1) is 0 Å². The van der Waals surface area contributed by atoms with Crippen LogP contribution in [0.4, 0.5) is 0 Å². The van der Waals surface area contributed by atoms with E-state index in [1.807, 2.05) is 6.21 Å². The number of aromatic amines is 1. The van der Waals surface area contributed by atoms with E-state index >= 15 is 0 Å². The van der Waals surface area contributed by atoms with Crippen LogP contribution in [-0.4, -0.2) is 56.1 Å². The van der Waals surface area contributed by atoms with E-state index in [0.29, 0.717) is 0 Å². The molecule has 2 unspecified atom stereocenters. The summed E-state index contributed by atoms with van der Waals surface area (Å²) >= 11 is 0. The third kappa shape index (κ3) is 8.67. The fraction of sp³-hybridized carbons (Fsp3) is 0.808. The highest BCUT2D eigenvalue weighted by Gasteiger charge is 2.51. The van der Waals surface area contributed by atoms with Crippen LogP contribution in [0.2, 0.25) is 18.1 Å². The summed E-state index contributed by atoms with van der Waals surface area (Å²) in [6, 6.07) is 1.29. The minimum absolute atomic E-state index is 0.0295. The van der Waals surface area contributed by atoms with Crippen LogP contribution in [0.5, 0.6) is 0 Å². The second-order valence-corrected chi connectivity index (χ2v) is 15.9. The van der Waals surface area contributed by atoms with Gasteiger partial charge >= 0.3 is 5.69 Å². The van der Waals surface area contributed by atoms with Gasteiger partial charge in [0.05, 0.1) is 0 Å². The van der Waals surface area contributed by atoms with Crippen LogP contribution >= 0.6 is 0 Å². The molecule has 36 heavy (non-hydrogen) atoms. The lowest BCUT2D eigenvalue weighted by atomic mass is 10.1. The maximum absolute atomic E-state index is 12.5. The van der Waals surface area contributed by atoms with Crippen LogP contribution in [0.1, 0.15) is 85.3 Å². The first-order chi connectivity index (χ1) is 17.0. The lowest BCUT2D eigenvalue weighted by molar-refractivity contribution is -0.0715. The van der Waals surface area contributed by atoms with Crippen molar-refractivity contribution >= 4 is 14.5 Å². The molecule has 4 atom stereocenters. The summed E-state index contributed by atoms with van der Waals surface area (Å²) in [5.74, 6) is 0. The molecule has 2 heterocycles. The van der Waals surface area contributed by atoms with Crippen LogP contribution in [0.25, 0.3) is 0 Å². The molecule has 1 saturated heterocycles. The zero-order valence-electron chi connectivity index (χ0n) is 23.2. The molecule has 1 aliphatic rings. The van der Waals surface area contributed by atoms with Gasteiger partial charge in [-0.2, -0.15) is 0 Å². The largest absolute Gasteiger partial charge is 0.408 e. The Labute approximate surface area is 216 Å². The zero-order chi connectivity index (χ0) is 26.8. The number of hydrogen-bond acceptors (Lipinski definition) is 7. The summed E-state index contributed by atoms with van der Waals surface area (Å²) in [7, 11) is -0.631. The molecule has 0 aliphatic carbocycles. The Kier molecular flexibility index (Phi) is 12.1. The van der Waals surface area contributed by atoms with Crippen molar-refractivity contribution in [2.75, 3.05) is 13.7 Å². The Bertz CT molecular complexity index is 923. The fourth-order valence-electron chi connectivity index (χ4n) is 4.02. The Morgan fingerprint density at radius 1 is 1.11 bits per heavy atom. The van der Waals surface area contributed by atoms with Gasteiger partial charge in [0, 0.05) is 25.6 Å². The molecule has 0 saturated carbocycles. The highest BCUT2D eigenvalue weighted by Crippen LogP contribution is 2.41. The first kappa shape index (κ1) is 30.5. The van der Waals surface area contributed by atoms with E-state index in [1.54, 1.807) is 7.11 Å². The summed E-state index contributed by atoms with van der Waals surface area (Å²) < 4.78 is 20.1. The Morgan fingerprint density at radius 3 is 2.39 bits per heavy atom. The van der Waals surface area contributed by atoms with Crippen LogP contribution in [-0.2, 0) is 18.7 Å². The second kappa shape index (κ2) is 14.3. The molecule has 0 amide bonds. The Morgan fingerprint density at radius 2 is 1.78 bits per heavy atom. The van der Waals surface area contributed by atoms with Crippen molar-refractivity contribution in [3.05, 3.63) is 33.1 Å². The number of nitrogens with zero attached hydrogens (tertiary/aromatic N) is 2. The standard InChI is InChI=1S/C26H47N3O6Si/c1-8-9-10-11-12-13-14-15-17-27-33-19-20-22(35-36(6,7)26(2,3)4)23(32-5)24(34-20)29-18-16-21(30)28-25(29)31/h16-18,20,22-24H,8-15,19H2,1-7H3,(H,28,30,31)/t20-,22?,23?,24-/m1/s1.